The SMILES string of the molecule is CCCC/C=C\C/C=C\CCCCCCCC(=O)OC[C@H](COC(=O)CCCCCC/C=C\C/C=C\C/C=C\CCCCC)OC(=O)CCCCCCC/C=C\CCCCCCCCC. The van der Waals surface area contributed by atoms with Gasteiger partial charge in [-0.05, 0) is 109 Å². The van der Waals surface area contributed by atoms with Crippen LogP contribution in [0.1, 0.15) is 265 Å². The number of ether oxygens (including phenoxy) is 3. The largest absolute Gasteiger partial charge is 0.462 e. The number of allylic oxidation sites excluding steroid dienone is 12. The summed E-state index contributed by atoms with van der Waals surface area (Å²) in [6.07, 6.45) is 67.4. The van der Waals surface area contributed by atoms with E-state index in [4.69, 9.17) is 14.2 Å². The lowest BCUT2D eigenvalue weighted by Gasteiger charge is -2.18. The molecule has 0 amide bonds. The maximum atomic E-state index is 12.8. The van der Waals surface area contributed by atoms with Gasteiger partial charge in [0.2, 0.25) is 0 Å². The van der Waals surface area contributed by atoms with E-state index in [1.165, 1.54) is 103 Å². The molecule has 0 saturated heterocycles. The van der Waals surface area contributed by atoms with Gasteiger partial charge < -0.3 is 14.2 Å². The van der Waals surface area contributed by atoms with Gasteiger partial charge in [0.15, 0.2) is 6.10 Å². The topological polar surface area (TPSA) is 78.9 Å². The Hall–Kier alpha value is -3.15. The molecule has 0 aromatic carbocycles. The Morgan fingerprint density at radius 1 is 0.308 bits per heavy atom. The number of carbonyl (C=O) groups is 3. The van der Waals surface area contributed by atoms with Crippen LogP contribution in [0.4, 0.5) is 0 Å². The molecule has 374 valence electrons. The number of hydrogen-bond donors (Lipinski definition) is 0. The van der Waals surface area contributed by atoms with E-state index in [2.05, 4.69) is 93.7 Å². The number of rotatable bonds is 49. The molecule has 0 N–H and O–H groups in total. The van der Waals surface area contributed by atoms with Crippen LogP contribution in [-0.4, -0.2) is 37.2 Å². The van der Waals surface area contributed by atoms with Crippen molar-refractivity contribution in [2.45, 2.75) is 271 Å². The minimum Gasteiger partial charge on any atom is -0.462 e. The molecule has 0 saturated carbocycles. The molecule has 0 aromatic rings. The lowest BCUT2D eigenvalue weighted by atomic mass is 10.1. The molecule has 0 aliphatic carbocycles. The summed E-state index contributed by atoms with van der Waals surface area (Å²) < 4.78 is 16.8. The fraction of sp³-hybridized carbons (Fsp3) is 0.746. The Labute approximate surface area is 402 Å². The van der Waals surface area contributed by atoms with Gasteiger partial charge in [-0.2, -0.15) is 0 Å². The summed E-state index contributed by atoms with van der Waals surface area (Å²) in [7, 11) is 0. The van der Waals surface area contributed by atoms with Crippen LogP contribution in [0.3, 0.4) is 0 Å². The molecule has 65 heavy (non-hydrogen) atoms. The highest BCUT2D eigenvalue weighted by Gasteiger charge is 2.19. The first-order valence-corrected chi connectivity index (χ1v) is 27.4. The van der Waals surface area contributed by atoms with Gasteiger partial charge in [-0.1, -0.05) is 209 Å². The van der Waals surface area contributed by atoms with Gasteiger partial charge in [0.1, 0.15) is 13.2 Å². The quantitative estimate of drug-likeness (QED) is 0.0262. The lowest BCUT2D eigenvalue weighted by molar-refractivity contribution is -0.167. The van der Waals surface area contributed by atoms with Crippen LogP contribution in [0, 0.1) is 0 Å². The predicted octanol–water partition coefficient (Wildman–Crippen LogP) is 18.2. The van der Waals surface area contributed by atoms with Crippen molar-refractivity contribution in [1.29, 1.82) is 0 Å². The molecule has 0 bridgehead atoms. The van der Waals surface area contributed by atoms with E-state index in [0.717, 1.165) is 122 Å². The van der Waals surface area contributed by atoms with Crippen molar-refractivity contribution >= 4 is 17.9 Å². The molecule has 0 rings (SSSR count). The molecule has 6 heteroatoms. The Balaban J connectivity index is 4.45. The predicted molar refractivity (Wildman–Crippen MR) is 279 cm³/mol. The summed E-state index contributed by atoms with van der Waals surface area (Å²) >= 11 is 0. The molecule has 0 unspecified atom stereocenters. The second-order valence-corrected chi connectivity index (χ2v) is 18.1. The molecule has 0 radical (unpaired) electrons. The number of esters is 3. The molecule has 0 aromatic heterocycles. The molecule has 6 nitrogen and oxygen atoms in total. The van der Waals surface area contributed by atoms with Crippen LogP contribution >= 0.6 is 0 Å². The van der Waals surface area contributed by atoms with Gasteiger partial charge in [-0.15, -0.1) is 0 Å². The highest BCUT2D eigenvalue weighted by molar-refractivity contribution is 5.71. The highest BCUT2D eigenvalue weighted by atomic mass is 16.6. The fourth-order valence-corrected chi connectivity index (χ4v) is 7.46. The first-order valence-electron chi connectivity index (χ1n) is 27.4. The average Bonchev–Trinajstić information content (AvgIpc) is 3.30. The van der Waals surface area contributed by atoms with Crippen LogP contribution < -0.4 is 0 Å². The molecule has 0 aliphatic heterocycles. The van der Waals surface area contributed by atoms with Crippen LogP contribution in [-0.2, 0) is 28.6 Å². The van der Waals surface area contributed by atoms with Gasteiger partial charge in [-0.3, -0.25) is 14.4 Å². The zero-order valence-corrected chi connectivity index (χ0v) is 42.7. The average molecular weight is 907 g/mol. The van der Waals surface area contributed by atoms with Gasteiger partial charge in [0.25, 0.3) is 0 Å². The summed E-state index contributed by atoms with van der Waals surface area (Å²) in [6, 6.07) is 0. The number of carbonyl (C=O) groups excluding carboxylic acids is 3. The summed E-state index contributed by atoms with van der Waals surface area (Å²) in [5.41, 5.74) is 0. The van der Waals surface area contributed by atoms with Crippen molar-refractivity contribution in [3.63, 3.8) is 0 Å². The highest BCUT2D eigenvalue weighted by Crippen LogP contribution is 2.14. The Kier molecular flexibility index (Phi) is 50.9. The lowest BCUT2D eigenvalue weighted by Crippen LogP contribution is -2.30. The zero-order chi connectivity index (χ0) is 47.2. The van der Waals surface area contributed by atoms with Crippen molar-refractivity contribution in [1.82, 2.24) is 0 Å². The van der Waals surface area contributed by atoms with E-state index in [1.54, 1.807) is 0 Å². The molecule has 1 atom stereocenters. The normalized spacial score (nSPS) is 12.6. The fourth-order valence-electron chi connectivity index (χ4n) is 7.46. The Morgan fingerprint density at radius 3 is 0.954 bits per heavy atom. The van der Waals surface area contributed by atoms with E-state index in [-0.39, 0.29) is 31.1 Å². The summed E-state index contributed by atoms with van der Waals surface area (Å²) in [4.78, 5) is 38.1. The third-order valence-electron chi connectivity index (χ3n) is 11.7. The third-order valence-corrected chi connectivity index (χ3v) is 11.7. The van der Waals surface area contributed by atoms with Gasteiger partial charge in [-0.25, -0.2) is 0 Å². The third kappa shape index (κ3) is 51.7. The molecule has 0 fully saturated rings. The Bertz CT molecular complexity index is 1230. The van der Waals surface area contributed by atoms with Crippen LogP contribution in [0.15, 0.2) is 72.9 Å². The zero-order valence-electron chi connectivity index (χ0n) is 42.7. The number of unbranched alkanes of at least 4 members (excludes halogenated alkanes) is 26. The van der Waals surface area contributed by atoms with Gasteiger partial charge in [0, 0.05) is 19.3 Å². The molecule has 0 heterocycles. The van der Waals surface area contributed by atoms with Gasteiger partial charge in [0.05, 0.1) is 0 Å². The summed E-state index contributed by atoms with van der Waals surface area (Å²) in [5, 5.41) is 0. The molecule has 0 aliphatic rings. The minimum absolute atomic E-state index is 0.0933. The van der Waals surface area contributed by atoms with E-state index in [1.807, 2.05) is 0 Å². The van der Waals surface area contributed by atoms with E-state index in [0.29, 0.717) is 19.3 Å². The maximum Gasteiger partial charge on any atom is 0.306 e. The van der Waals surface area contributed by atoms with Crippen LogP contribution in [0.2, 0.25) is 0 Å². The van der Waals surface area contributed by atoms with E-state index < -0.39 is 6.10 Å². The van der Waals surface area contributed by atoms with Crippen molar-refractivity contribution in [3.05, 3.63) is 72.9 Å². The molecular weight excluding hydrogens is 805 g/mol. The van der Waals surface area contributed by atoms with E-state index in [9.17, 15) is 14.4 Å². The summed E-state index contributed by atoms with van der Waals surface area (Å²) in [5.74, 6) is -0.932. The molecular formula is C59H102O6. The minimum atomic E-state index is -0.795. The monoisotopic (exact) mass is 907 g/mol. The smallest absolute Gasteiger partial charge is 0.306 e. The first kappa shape index (κ1) is 61.9. The molecule has 0 spiro atoms. The first-order chi connectivity index (χ1) is 32.0. The van der Waals surface area contributed by atoms with Gasteiger partial charge >= 0.3 is 17.9 Å². The van der Waals surface area contributed by atoms with Crippen molar-refractivity contribution in [2.75, 3.05) is 13.2 Å². The second-order valence-electron chi connectivity index (χ2n) is 18.1. The van der Waals surface area contributed by atoms with Crippen molar-refractivity contribution in [3.8, 4) is 0 Å². The van der Waals surface area contributed by atoms with Crippen molar-refractivity contribution in [2.24, 2.45) is 0 Å². The van der Waals surface area contributed by atoms with E-state index >= 15 is 0 Å². The maximum absolute atomic E-state index is 12.8. The van der Waals surface area contributed by atoms with Crippen molar-refractivity contribution < 1.29 is 28.6 Å². The number of hydrogen-bond acceptors (Lipinski definition) is 6. The van der Waals surface area contributed by atoms with Crippen LogP contribution in [0.25, 0.3) is 0 Å². The standard InChI is InChI=1S/C59H102O6/c1-4-7-10-13-16-19-22-25-28-30-32-34-37-40-43-46-49-52-58(61)64-55-56(54-63-57(60)51-48-45-42-39-36-33-27-24-21-18-15-12-9-6-3)65-59(62)53-50-47-44-41-38-35-31-29-26-23-20-17-14-11-8-5-2/h15-16,18-19,24-25,27-29,31-32,34,56H,4-14,17,20-23,26,30,33,35-55H2,1-3H3/b18-15-,19-16-,27-24-,28-25-,31-29-,34-32-/t56-/m1/s1. The Morgan fingerprint density at radius 2 is 0.569 bits per heavy atom. The summed E-state index contributed by atoms with van der Waals surface area (Å²) in [6.45, 7) is 6.54. The van der Waals surface area contributed by atoms with Crippen LogP contribution in [0.5, 0.6) is 0 Å². The second kappa shape index (κ2) is 53.5.